The minimum absolute atomic E-state index is 0.0488. The molecule has 2 unspecified atom stereocenters. The molecule has 10 nitrogen and oxygen atoms in total. The van der Waals surface area contributed by atoms with Crippen LogP contribution in [-0.2, 0) is 38.4 Å². The van der Waals surface area contributed by atoms with E-state index in [0.717, 1.165) is 11.3 Å². The third-order valence-electron chi connectivity index (χ3n) is 8.76. The zero-order chi connectivity index (χ0) is 33.8. The Bertz CT molecular complexity index is 1630. The Morgan fingerprint density at radius 3 is 2.39 bits per heavy atom. The number of benzene rings is 2. The van der Waals surface area contributed by atoms with Crippen molar-refractivity contribution in [3.05, 3.63) is 69.1 Å². The largest absolute Gasteiger partial charge is 0.423 e. The number of amides is 4. The van der Waals surface area contributed by atoms with Crippen LogP contribution in [-0.4, -0.2) is 46.6 Å². The number of carbonyl (C=O) groups is 4. The molecule has 4 amide bonds. The average molecular weight is 677 g/mol. The van der Waals surface area contributed by atoms with E-state index >= 15 is 0 Å². The lowest BCUT2D eigenvalue weighted by Gasteiger charge is -2.39. The van der Waals surface area contributed by atoms with E-state index in [1.165, 1.54) is 18.2 Å². The zero-order valence-corrected chi connectivity index (χ0v) is 27.8. The van der Waals surface area contributed by atoms with Gasteiger partial charge in [-0.05, 0) is 53.6 Å². The lowest BCUT2D eigenvalue weighted by atomic mass is 9.87. The van der Waals surface area contributed by atoms with Crippen molar-refractivity contribution in [2.75, 3.05) is 0 Å². The molecule has 5 atom stereocenters. The number of nitrogens with two attached hydrogens (primary N) is 1. The number of nitrogens with one attached hydrogen (secondary N) is 4. The first-order valence-electron chi connectivity index (χ1n) is 15.4. The van der Waals surface area contributed by atoms with Gasteiger partial charge in [0, 0.05) is 28.9 Å². The number of carbonyl (C=O) groups excluding carboxylic acids is 4. The molecule has 248 valence electrons. The quantitative estimate of drug-likeness (QED) is 0.165. The third kappa shape index (κ3) is 8.11. The summed E-state index contributed by atoms with van der Waals surface area (Å²) < 4.78 is 19.7. The van der Waals surface area contributed by atoms with Gasteiger partial charge in [-0.25, -0.2) is 9.18 Å². The first kappa shape index (κ1) is 35.0. The maximum Gasteiger partial charge on any atom is 0.409 e. The molecule has 0 radical (unpaired) electrons. The second-order valence-electron chi connectivity index (χ2n) is 12.1. The van der Waals surface area contributed by atoms with Crippen LogP contribution >= 0.6 is 23.2 Å². The van der Waals surface area contributed by atoms with E-state index in [1.807, 2.05) is 20.8 Å². The molecule has 13 heteroatoms. The minimum Gasteiger partial charge on any atom is -0.423 e. The number of hydrogen-bond acceptors (Lipinski definition) is 5. The predicted molar refractivity (Wildman–Crippen MR) is 175 cm³/mol. The number of halogens is 3. The van der Waals surface area contributed by atoms with Gasteiger partial charge in [-0.2, -0.15) is 0 Å². The Morgan fingerprint density at radius 1 is 1.04 bits per heavy atom. The molecule has 0 bridgehead atoms. The number of H-pyrrole nitrogens is 1. The van der Waals surface area contributed by atoms with Crippen LogP contribution in [0.5, 0.6) is 0 Å². The van der Waals surface area contributed by atoms with Crippen LogP contribution in [0.2, 0.25) is 10.0 Å². The van der Waals surface area contributed by atoms with E-state index in [-0.39, 0.29) is 31.1 Å². The normalized spacial score (nSPS) is 18.5. The van der Waals surface area contributed by atoms with Crippen molar-refractivity contribution in [2.45, 2.75) is 84.0 Å². The highest BCUT2D eigenvalue weighted by molar-refractivity contribution is 6.38. The number of primary amides is 1. The van der Waals surface area contributed by atoms with Gasteiger partial charge in [-0.1, -0.05) is 75.9 Å². The summed E-state index contributed by atoms with van der Waals surface area (Å²) in [5, 5.41) is 9.84. The first-order chi connectivity index (χ1) is 21.8. The van der Waals surface area contributed by atoms with Gasteiger partial charge in [0.2, 0.25) is 17.7 Å². The number of aromatic amines is 1. The van der Waals surface area contributed by atoms with Crippen molar-refractivity contribution in [2.24, 2.45) is 17.6 Å². The monoisotopic (exact) mass is 675 g/mol. The molecule has 46 heavy (non-hydrogen) atoms. The smallest absolute Gasteiger partial charge is 0.409 e. The van der Waals surface area contributed by atoms with E-state index in [4.69, 9.17) is 33.7 Å². The minimum atomic E-state index is -1.57. The third-order valence-corrected chi connectivity index (χ3v) is 9.28. The van der Waals surface area contributed by atoms with Crippen molar-refractivity contribution in [1.29, 1.82) is 0 Å². The van der Waals surface area contributed by atoms with Gasteiger partial charge in [0.15, 0.2) is 5.72 Å². The first-order valence-corrected chi connectivity index (χ1v) is 16.1. The highest BCUT2D eigenvalue weighted by Gasteiger charge is 2.44. The van der Waals surface area contributed by atoms with Gasteiger partial charge in [0.25, 0.3) is 0 Å². The summed E-state index contributed by atoms with van der Waals surface area (Å²) >= 11 is 12.8. The van der Waals surface area contributed by atoms with Gasteiger partial charge in [0.05, 0.1) is 17.0 Å². The number of alkyl carbamates (subject to hydrolysis) is 1. The van der Waals surface area contributed by atoms with Crippen LogP contribution < -0.4 is 21.7 Å². The summed E-state index contributed by atoms with van der Waals surface area (Å²) in [4.78, 5) is 55.9. The standard InChI is InChI=1S/C33H40Cl2FN5O5/c1-5-17(3)27(30(37)43)40-32(45)46-33(11-10-25-23(16-33)22-14-20(34)15-24(35)29(22)38-25)41-31(44)28(18(4)6-2)39-26(42)13-19-8-7-9-21(36)12-19/h7-9,12,14-15,17-18,27-28,38H,5-6,10-11,13,16H2,1-4H3,(H2,37,43)(H,39,42)(H,40,45)(H,41,44)/t17-,18?,27?,28-,33+/m0/s1. The molecular formula is C33H40Cl2FN5O5. The molecule has 4 rings (SSSR count). The van der Waals surface area contributed by atoms with Gasteiger partial charge in [-0.3, -0.25) is 14.4 Å². The molecule has 0 aliphatic heterocycles. The summed E-state index contributed by atoms with van der Waals surface area (Å²) in [6, 6.07) is 7.05. The maximum absolute atomic E-state index is 14.0. The molecule has 0 fully saturated rings. The summed E-state index contributed by atoms with van der Waals surface area (Å²) in [5.41, 5.74) is 6.73. The number of aryl methyl sites for hydroxylation is 1. The molecule has 1 aromatic heterocycles. The number of fused-ring (bicyclic) bond motifs is 3. The van der Waals surface area contributed by atoms with E-state index in [9.17, 15) is 23.6 Å². The second kappa shape index (κ2) is 14.7. The number of hydrogen-bond donors (Lipinski definition) is 5. The molecule has 3 aromatic rings. The maximum atomic E-state index is 14.0. The molecular weight excluding hydrogens is 636 g/mol. The van der Waals surface area contributed by atoms with E-state index in [2.05, 4.69) is 20.9 Å². The fourth-order valence-corrected chi connectivity index (χ4v) is 6.33. The molecule has 6 N–H and O–H groups in total. The van der Waals surface area contributed by atoms with Crippen molar-refractivity contribution in [3.8, 4) is 0 Å². The lowest BCUT2D eigenvalue weighted by Crippen LogP contribution is -2.62. The summed E-state index contributed by atoms with van der Waals surface area (Å²) in [6.45, 7) is 7.35. The molecule has 0 spiro atoms. The Hall–Kier alpha value is -3.83. The fraction of sp³-hybridized carbons (Fsp3) is 0.455. The van der Waals surface area contributed by atoms with Crippen molar-refractivity contribution in [3.63, 3.8) is 0 Å². The highest BCUT2D eigenvalue weighted by atomic mass is 35.5. The van der Waals surface area contributed by atoms with Crippen LogP contribution in [0.25, 0.3) is 10.9 Å². The van der Waals surface area contributed by atoms with Crippen LogP contribution in [0.4, 0.5) is 9.18 Å². The predicted octanol–water partition coefficient (Wildman–Crippen LogP) is 5.31. The van der Waals surface area contributed by atoms with Gasteiger partial charge >= 0.3 is 6.09 Å². The van der Waals surface area contributed by atoms with E-state index in [0.29, 0.717) is 45.8 Å². The van der Waals surface area contributed by atoms with E-state index in [1.54, 1.807) is 25.1 Å². The molecule has 1 heterocycles. The summed E-state index contributed by atoms with van der Waals surface area (Å²) in [7, 11) is 0. The molecule has 1 aliphatic carbocycles. The summed E-state index contributed by atoms with van der Waals surface area (Å²) in [5.74, 6) is -2.80. The average Bonchev–Trinajstić information content (AvgIpc) is 3.35. The van der Waals surface area contributed by atoms with Gasteiger partial charge in [-0.15, -0.1) is 0 Å². The number of rotatable bonds is 12. The Balaban J connectivity index is 1.66. The van der Waals surface area contributed by atoms with Crippen molar-refractivity contribution in [1.82, 2.24) is 20.9 Å². The molecule has 1 aliphatic rings. The number of ether oxygens (including phenoxy) is 1. The van der Waals surface area contributed by atoms with Crippen LogP contribution in [0.3, 0.4) is 0 Å². The zero-order valence-electron chi connectivity index (χ0n) is 26.3. The second-order valence-corrected chi connectivity index (χ2v) is 12.9. The van der Waals surface area contributed by atoms with Crippen molar-refractivity contribution < 1.29 is 28.3 Å². The highest BCUT2D eigenvalue weighted by Crippen LogP contribution is 2.38. The van der Waals surface area contributed by atoms with Gasteiger partial charge in [0.1, 0.15) is 17.9 Å². The van der Waals surface area contributed by atoms with Gasteiger partial charge < -0.3 is 31.4 Å². The Kier molecular flexibility index (Phi) is 11.2. The Morgan fingerprint density at radius 2 is 1.74 bits per heavy atom. The van der Waals surface area contributed by atoms with E-state index < -0.39 is 47.4 Å². The lowest BCUT2D eigenvalue weighted by molar-refractivity contribution is -0.136. The molecule has 2 aromatic carbocycles. The fourth-order valence-electron chi connectivity index (χ4n) is 5.79. The van der Waals surface area contributed by atoms with Crippen molar-refractivity contribution >= 4 is 57.9 Å². The number of aromatic nitrogens is 1. The van der Waals surface area contributed by atoms with Crippen LogP contribution in [0.1, 0.15) is 63.8 Å². The Labute approximate surface area is 277 Å². The van der Waals surface area contributed by atoms with Crippen LogP contribution in [0.15, 0.2) is 36.4 Å². The topological polar surface area (TPSA) is 155 Å². The summed E-state index contributed by atoms with van der Waals surface area (Å²) in [6.07, 6.45) is 0.647. The molecule has 0 saturated heterocycles. The SMILES string of the molecule is CCC(C)[C@H](NC(=O)Cc1cccc(F)c1)C(=O)N[C@@]1(OC(=O)NC(C(N)=O)[C@@H](C)CC)CCc2[nH]c3c(Cl)cc(Cl)cc3c2C1. The van der Waals surface area contributed by atoms with Crippen LogP contribution in [0, 0.1) is 17.7 Å². The molecule has 0 saturated carbocycles.